The van der Waals surface area contributed by atoms with Crippen molar-refractivity contribution in [3.05, 3.63) is 0 Å². The molecule has 130 valence electrons. The summed E-state index contributed by atoms with van der Waals surface area (Å²) in [7, 11) is -1.93. The predicted octanol–water partition coefficient (Wildman–Crippen LogP) is 3.12. The largest absolute Gasteiger partial charge is 0.453 e. The smallest absolute Gasteiger partial charge is 0.409 e. The van der Waals surface area contributed by atoms with Crippen LogP contribution in [0.15, 0.2) is 0 Å². The highest BCUT2D eigenvalue weighted by Crippen LogP contribution is 2.12. The van der Waals surface area contributed by atoms with Crippen LogP contribution in [-0.4, -0.2) is 68.7 Å². The summed E-state index contributed by atoms with van der Waals surface area (Å²) in [5.41, 5.74) is 0. The Labute approximate surface area is 135 Å². The molecule has 0 rings (SSSR count). The van der Waals surface area contributed by atoms with Crippen LogP contribution in [0.5, 0.6) is 0 Å². The molecule has 0 atom stereocenters. The van der Waals surface area contributed by atoms with Crippen molar-refractivity contribution in [2.24, 2.45) is 0 Å². The Balaban J connectivity index is 4.46. The maximum absolute atomic E-state index is 11.9. The molecule has 7 heteroatoms. The molecule has 0 aromatic heterocycles. The van der Waals surface area contributed by atoms with Crippen LogP contribution in [-0.2, 0) is 9.47 Å². The molecule has 22 heavy (non-hydrogen) atoms. The minimum atomic E-state index is -1.93. The first kappa shape index (κ1) is 20.8. The second-order valence-corrected chi connectivity index (χ2v) is 10.5. The third-order valence-corrected chi connectivity index (χ3v) is 7.37. The zero-order chi connectivity index (χ0) is 17.2. The molecule has 0 aliphatic heterocycles. The molecule has 2 amide bonds. The van der Waals surface area contributed by atoms with E-state index in [1.807, 2.05) is 27.7 Å². The maximum atomic E-state index is 11.9. The lowest BCUT2D eigenvalue weighted by Gasteiger charge is -2.28. The normalized spacial score (nSPS) is 11.0. The molecular formula is C15H32N2O4Si. The Morgan fingerprint density at radius 2 is 1.09 bits per heavy atom. The molecule has 0 fully saturated rings. The lowest BCUT2D eigenvalue weighted by atomic mass is 10.6. The first-order valence-electron chi connectivity index (χ1n) is 8.20. The Hall–Kier alpha value is -1.24. The second kappa shape index (κ2) is 10.5. The average molecular weight is 333 g/mol. The summed E-state index contributed by atoms with van der Waals surface area (Å²) in [6, 6.07) is 0.893. The third-order valence-electron chi connectivity index (χ3n) is 3.99. The van der Waals surface area contributed by atoms with E-state index in [0.29, 0.717) is 38.6 Å². The van der Waals surface area contributed by atoms with Gasteiger partial charge in [-0.1, -0.05) is 19.5 Å². The minimum absolute atomic E-state index is 0.285. The van der Waals surface area contributed by atoms with E-state index in [2.05, 4.69) is 13.5 Å². The number of hydrogen-bond donors (Lipinski definition) is 0. The van der Waals surface area contributed by atoms with Gasteiger partial charge >= 0.3 is 12.2 Å². The van der Waals surface area contributed by atoms with Crippen LogP contribution in [0.2, 0.25) is 12.6 Å². The van der Waals surface area contributed by atoms with E-state index in [4.69, 9.17) is 9.47 Å². The van der Waals surface area contributed by atoms with Crippen LogP contribution in [0.4, 0.5) is 9.59 Å². The van der Waals surface area contributed by atoms with Crippen LogP contribution < -0.4 is 0 Å². The highest BCUT2D eigenvalue weighted by atomic mass is 28.3. The van der Waals surface area contributed by atoms with Gasteiger partial charge in [0.2, 0.25) is 0 Å². The highest BCUT2D eigenvalue weighted by molar-refractivity contribution is 6.78. The van der Waals surface area contributed by atoms with Crippen molar-refractivity contribution in [2.45, 2.75) is 47.2 Å². The molecule has 0 aliphatic carbocycles. The number of carbonyl (C=O) groups excluding carboxylic acids is 2. The Morgan fingerprint density at radius 1 is 0.773 bits per heavy atom. The standard InChI is InChI=1S/C15H32N2O4Si/c1-7-16(8-2)14(18)20-12-22(6,11-5)13-21-15(19)17(9-3)10-4/h7-13H2,1-6H3. The van der Waals surface area contributed by atoms with Gasteiger partial charge < -0.3 is 19.3 Å². The fourth-order valence-electron chi connectivity index (χ4n) is 1.86. The van der Waals surface area contributed by atoms with Gasteiger partial charge in [-0.25, -0.2) is 9.59 Å². The number of amides is 2. The zero-order valence-corrected chi connectivity index (χ0v) is 16.0. The molecule has 0 aromatic rings. The molecular weight excluding hydrogens is 300 g/mol. The van der Waals surface area contributed by atoms with Crippen molar-refractivity contribution in [1.29, 1.82) is 0 Å². The monoisotopic (exact) mass is 332 g/mol. The summed E-state index contributed by atoms with van der Waals surface area (Å²) >= 11 is 0. The summed E-state index contributed by atoms with van der Waals surface area (Å²) in [4.78, 5) is 27.1. The van der Waals surface area contributed by atoms with E-state index in [9.17, 15) is 9.59 Å². The zero-order valence-electron chi connectivity index (χ0n) is 15.0. The molecule has 0 unspecified atom stereocenters. The van der Waals surface area contributed by atoms with Gasteiger partial charge in [0.15, 0.2) is 0 Å². The minimum Gasteiger partial charge on any atom is -0.453 e. The topological polar surface area (TPSA) is 59.1 Å². The lowest BCUT2D eigenvalue weighted by Crippen LogP contribution is -2.46. The number of nitrogens with zero attached hydrogens (tertiary/aromatic N) is 2. The molecule has 0 radical (unpaired) electrons. The number of rotatable bonds is 9. The molecule has 0 aromatic carbocycles. The van der Waals surface area contributed by atoms with E-state index >= 15 is 0 Å². The van der Waals surface area contributed by atoms with Crippen molar-refractivity contribution in [3.8, 4) is 0 Å². The van der Waals surface area contributed by atoms with E-state index in [1.54, 1.807) is 9.80 Å². The summed E-state index contributed by atoms with van der Waals surface area (Å²) in [5, 5.41) is 0. The molecule has 0 heterocycles. The first-order valence-corrected chi connectivity index (χ1v) is 11.3. The van der Waals surface area contributed by atoms with E-state index in [1.165, 1.54) is 0 Å². The van der Waals surface area contributed by atoms with Crippen molar-refractivity contribution in [1.82, 2.24) is 9.80 Å². The summed E-state index contributed by atoms with van der Waals surface area (Å²) < 4.78 is 10.9. The summed E-state index contributed by atoms with van der Waals surface area (Å²) in [5.74, 6) is 0. The van der Waals surface area contributed by atoms with Gasteiger partial charge in [0.25, 0.3) is 0 Å². The molecule has 6 nitrogen and oxygen atoms in total. The van der Waals surface area contributed by atoms with Crippen LogP contribution in [0.25, 0.3) is 0 Å². The molecule has 0 spiro atoms. The molecule has 0 N–H and O–H groups in total. The predicted molar refractivity (Wildman–Crippen MR) is 90.6 cm³/mol. The van der Waals surface area contributed by atoms with Crippen LogP contribution in [0, 0.1) is 0 Å². The third kappa shape index (κ3) is 6.68. The van der Waals surface area contributed by atoms with Crippen LogP contribution in [0.1, 0.15) is 34.6 Å². The van der Waals surface area contributed by atoms with Gasteiger partial charge in [0, 0.05) is 26.2 Å². The van der Waals surface area contributed by atoms with Gasteiger partial charge in [-0.05, 0) is 27.7 Å². The molecule has 0 saturated carbocycles. The number of ether oxygens (including phenoxy) is 2. The summed E-state index contributed by atoms with van der Waals surface area (Å²) in [6.07, 6.45) is 0.189. The van der Waals surface area contributed by atoms with Gasteiger partial charge in [-0.3, -0.25) is 0 Å². The molecule has 0 aliphatic rings. The fraction of sp³-hybridized carbons (Fsp3) is 0.867. The SMILES string of the molecule is CCN(CC)C(=O)OC[Si](C)(CC)COC(=O)N(CC)CC. The van der Waals surface area contributed by atoms with Gasteiger partial charge in [0.1, 0.15) is 8.07 Å². The van der Waals surface area contributed by atoms with E-state index in [-0.39, 0.29) is 12.2 Å². The maximum Gasteiger partial charge on any atom is 0.409 e. The Bertz CT molecular complexity index is 316. The van der Waals surface area contributed by atoms with Gasteiger partial charge in [-0.2, -0.15) is 0 Å². The Kier molecular flexibility index (Phi) is 9.89. The lowest BCUT2D eigenvalue weighted by molar-refractivity contribution is 0.112. The fourth-order valence-corrected chi connectivity index (χ4v) is 3.30. The Morgan fingerprint density at radius 3 is 1.32 bits per heavy atom. The van der Waals surface area contributed by atoms with Gasteiger partial charge in [-0.15, -0.1) is 0 Å². The van der Waals surface area contributed by atoms with Crippen molar-refractivity contribution in [3.63, 3.8) is 0 Å². The highest BCUT2D eigenvalue weighted by Gasteiger charge is 2.31. The second-order valence-electron chi connectivity index (χ2n) is 5.62. The van der Waals surface area contributed by atoms with Crippen molar-refractivity contribution in [2.75, 3.05) is 38.6 Å². The summed E-state index contributed by atoms with van der Waals surface area (Å²) in [6.45, 7) is 14.4. The average Bonchev–Trinajstić information content (AvgIpc) is 2.53. The van der Waals surface area contributed by atoms with Crippen molar-refractivity contribution < 1.29 is 19.1 Å². The molecule has 0 bridgehead atoms. The van der Waals surface area contributed by atoms with Crippen molar-refractivity contribution >= 4 is 20.3 Å². The first-order chi connectivity index (χ1) is 10.4. The quantitative estimate of drug-likeness (QED) is 0.609. The molecule has 0 saturated heterocycles. The number of carbonyl (C=O) groups is 2. The van der Waals surface area contributed by atoms with Crippen LogP contribution in [0.3, 0.4) is 0 Å². The van der Waals surface area contributed by atoms with E-state index < -0.39 is 8.07 Å². The number of hydrogen-bond acceptors (Lipinski definition) is 4. The van der Waals surface area contributed by atoms with Crippen LogP contribution >= 0.6 is 0 Å². The van der Waals surface area contributed by atoms with E-state index in [0.717, 1.165) is 6.04 Å². The van der Waals surface area contributed by atoms with Gasteiger partial charge in [0.05, 0.1) is 12.5 Å².